The molecule has 2 unspecified atom stereocenters. The molecule has 8 rings (SSSR count). The molecule has 2 atom stereocenters. The molecule has 4 aromatic rings. The quantitative estimate of drug-likeness (QED) is 0.0587. The molecule has 0 aromatic heterocycles. The van der Waals surface area contributed by atoms with Crippen molar-refractivity contribution in [3.63, 3.8) is 0 Å². The number of benzene rings is 4. The fourth-order valence-corrected chi connectivity index (χ4v) is 13.1. The maximum absolute atomic E-state index is 7.67. The summed E-state index contributed by atoms with van der Waals surface area (Å²) in [7, 11) is 0. The van der Waals surface area contributed by atoms with Gasteiger partial charge in [0.1, 0.15) is 0 Å². The Balaban J connectivity index is 0.810. The van der Waals surface area contributed by atoms with E-state index in [2.05, 4.69) is 111 Å². The van der Waals surface area contributed by atoms with Gasteiger partial charge in [-0.05, 0) is 159 Å². The first-order valence-corrected chi connectivity index (χ1v) is 29.4. The van der Waals surface area contributed by atoms with Crippen LogP contribution in [-0.4, -0.2) is 24.8 Å². The molecule has 4 aliphatic rings. The first-order chi connectivity index (χ1) is 34.1. The average Bonchev–Trinajstić information content (AvgIpc) is 3.41. The van der Waals surface area contributed by atoms with Crippen molar-refractivity contribution < 1.29 is 14.2 Å². The number of rotatable bonds is 26. The van der Waals surface area contributed by atoms with Gasteiger partial charge in [0, 0.05) is 24.7 Å². The Bertz CT molecular complexity index is 1840. The molecular weight excluding hydrogens is 841 g/mol. The fourth-order valence-electron chi connectivity index (χ4n) is 13.1. The van der Waals surface area contributed by atoms with Gasteiger partial charge in [-0.2, -0.15) is 0 Å². The molecule has 4 fully saturated rings. The fraction of sp³-hybridized carbons (Fsp3) is 0.636. The van der Waals surface area contributed by atoms with Crippen LogP contribution < -0.4 is 0 Å². The van der Waals surface area contributed by atoms with Gasteiger partial charge in [0.05, 0.1) is 13.2 Å². The molecule has 0 N–H and O–H groups in total. The van der Waals surface area contributed by atoms with Crippen LogP contribution in [0.4, 0.5) is 0 Å². The molecule has 4 aromatic carbocycles. The van der Waals surface area contributed by atoms with Crippen LogP contribution in [-0.2, 0) is 27.1 Å². The molecule has 2 aliphatic carbocycles. The van der Waals surface area contributed by atoms with Gasteiger partial charge >= 0.3 is 0 Å². The second-order valence-electron chi connectivity index (χ2n) is 22.5. The molecule has 0 radical (unpaired) electrons. The smallest absolute Gasteiger partial charge is 0.174 e. The lowest BCUT2D eigenvalue weighted by Gasteiger charge is -2.54. The lowest BCUT2D eigenvalue weighted by Crippen LogP contribution is -2.58. The van der Waals surface area contributed by atoms with Crippen molar-refractivity contribution in [1.82, 2.24) is 0 Å². The highest BCUT2D eigenvalue weighted by Gasteiger charge is 2.54. The third-order valence-corrected chi connectivity index (χ3v) is 17.6. The highest BCUT2D eigenvalue weighted by molar-refractivity contribution is 5.65. The predicted molar refractivity (Wildman–Crippen MR) is 292 cm³/mol. The van der Waals surface area contributed by atoms with Crippen molar-refractivity contribution in [3.05, 3.63) is 119 Å². The Morgan fingerprint density at radius 2 is 0.696 bits per heavy atom. The summed E-state index contributed by atoms with van der Waals surface area (Å²) < 4.78 is 21.6. The van der Waals surface area contributed by atoms with Crippen LogP contribution in [0.15, 0.2) is 97.1 Å². The van der Waals surface area contributed by atoms with E-state index in [1.807, 2.05) is 0 Å². The summed E-state index contributed by atoms with van der Waals surface area (Å²) in [5.41, 5.74) is 11.3. The highest BCUT2D eigenvalue weighted by atomic mass is 16.8. The van der Waals surface area contributed by atoms with Crippen molar-refractivity contribution in [2.24, 2.45) is 11.8 Å². The third kappa shape index (κ3) is 14.9. The van der Waals surface area contributed by atoms with Gasteiger partial charge in [0.2, 0.25) is 0 Å². The van der Waals surface area contributed by atoms with E-state index in [-0.39, 0.29) is 0 Å². The zero-order valence-electron chi connectivity index (χ0n) is 43.8. The van der Waals surface area contributed by atoms with E-state index in [9.17, 15) is 0 Å². The summed E-state index contributed by atoms with van der Waals surface area (Å²) in [6, 6.07) is 38.0. The highest BCUT2D eigenvalue weighted by Crippen LogP contribution is 2.52. The van der Waals surface area contributed by atoms with E-state index < -0.39 is 11.6 Å². The van der Waals surface area contributed by atoms with E-state index >= 15 is 0 Å². The maximum atomic E-state index is 7.67. The number of ether oxygens (including phenoxy) is 3. The molecule has 2 aliphatic heterocycles. The number of unbranched alkanes of at least 4 members (excludes halogenated alkanes) is 14. The first-order valence-electron chi connectivity index (χ1n) is 29.4. The van der Waals surface area contributed by atoms with Crippen molar-refractivity contribution in [3.8, 4) is 22.3 Å². The number of aryl methyl sites for hydroxylation is 2. The predicted octanol–water partition coefficient (Wildman–Crippen LogP) is 19.4. The molecule has 2 saturated carbocycles. The van der Waals surface area contributed by atoms with Crippen LogP contribution in [0.25, 0.3) is 22.3 Å². The second-order valence-corrected chi connectivity index (χ2v) is 22.5. The Morgan fingerprint density at radius 1 is 0.377 bits per heavy atom. The molecule has 3 heteroatoms. The minimum Gasteiger partial charge on any atom is -0.349 e. The van der Waals surface area contributed by atoms with Gasteiger partial charge in [-0.25, -0.2) is 0 Å². The number of hydrogen-bond donors (Lipinski definition) is 0. The molecule has 0 spiro atoms. The first kappa shape index (κ1) is 52.1. The summed E-state index contributed by atoms with van der Waals surface area (Å²) in [5, 5.41) is 0. The topological polar surface area (TPSA) is 27.7 Å². The molecule has 376 valence electrons. The lowest BCUT2D eigenvalue weighted by molar-refractivity contribution is -0.409. The second kappa shape index (κ2) is 27.5. The Labute approximate surface area is 421 Å². The average molecular weight is 935 g/mol. The minimum atomic E-state index is -0.525. The zero-order chi connectivity index (χ0) is 47.4. The summed E-state index contributed by atoms with van der Waals surface area (Å²) in [5.74, 6) is 0.988. The normalized spacial score (nSPS) is 25.4. The van der Waals surface area contributed by atoms with E-state index in [1.54, 1.807) is 0 Å². The third-order valence-electron chi connectivity index (χ3n) is 17.6. The van der Waals surface area contributed by atoms with Gasteiger partial charge < -0.3 is 14.2 Å². The van der Waals surface area contributed by atoms with Gasteiger partial charge in [-0.15, -0.1) is 0 Å². The van der Waals surface area contributed by atoms with Gasteiger partial charge in [0.15, 0.2) is 11.6 Å². The van der Waals surface area contributed by atoms with Crippen LogP contribution in [0.2, 0.25) is 0 Å². The summed E-state index contributed by atoms with van der Waals surface area (Å²) in [4.78, 5) is 0. The van der Waals surface area contributed by atoms with E-state index in [1.165, 1.54) is 199 Å². The summed E-state index contributed by atoms with van der Waals surface area (Å²) in [6.45, 7) is 6.22. The Morgan fingerprint density at radius 3 is 1.01 bits per heavy atom. The zero-order valence-corrected chi connectivity index (χ0v) is 43.8. The van der Waals surface area contributed by atoms with Crippen LogP contribution >= 0.6 is 0 Å². The number of hydrogen-bond acceptors (Lipinski definition) is 3. The molecular formula is C66H94O3. The van der Waals surface area contributed by atoms with E-state index in [0.717, 1.165) is 64.6 Å². The van der Waals surface area contributed by atoms with Crippen LogP contribution in [0, 0.1) is 11.8 Å². The SMILES string of the molecule is CCCCCCCCCCc1ccc(-c2ccc(C3CCC(C4(OC5(C6CCC(c7ccc(-c8ccc(CCCCCCCCCC)cc8)cc7)CC6)CCCCO5)CCCCO4)CC3)cc2)cc1. The molecule has 2 heterocycles. The summed E-state index contributed by atoms with van der Waals surface area (Å²) >= 11 is 0. The van der Waals surface area contributed by atoms with E-state index in [0.29, 0.717) is 23.7 Å². The van der Waals surface area contributed by atoms with Crippen molar-refractivity contribution in [1.29, 1.82) is 0 Å². The summed E-state index contributed by atoms with van der Waals surface area (Å²) in [6.07, 6.45) is 40.6. The molecule has 2 saturated heterocycles. The van der Waals surface area contributed by atoms with Crippen LogP contribution in [0.5, 0.6) is 0 Å². The van der Waals surface area contributed by atoms with Crippen molar-refractivity contribution in [2.45, 2.75) is 243 Å². The maximum Gasteiger partial charge on any atom is 0.174 e. The molecule has 3 nitrogen and oxygen atoms in total. The Hall–Kier alpha value is -3.24. The lowest BCUT2D eigenvalue weighted by atomic mass is 9.72. The van der Waals surface area contributed by atoms with Crippen LogP contribution in [0.1, 0.15) is 241 Å². The van der Waals surface area contributed by atoms with Gasteiger partial charge in [-0.3, -0.25) is 0 Å². The van der Waals surface area contributed by atoms with Crippen molar-refractivity contribution >= 4 is 0 Å². The molecule has 0 amide bonds. The van der Waals surface area contributed by atoms with Gasteiger partial charge in [0.25, 0.3) is 0 Å². The van der Waals surface area contributed by atoms with E-state index in [4.69, 9.17) is 14.2 Å². The standard InChI is InChI=1S/C66H94O3/c1-3-5-7-9-11-13-15-17-23-53-25-29-55(30-26-53)57-33-37-59(38-34-57)61-41-45-63(46-42-61)65(49-19-21-51-67-65)69-66(50-20-22-52-68-66)64-47-43-62(44-48-64)60-39-35-58(36-40-60)56-31-27-54(28-32-56)24-18-16-14-12-10-8-6-4-2/h25-40,61-64H,3-24,41-52H2,1-2H3. The largest absolute Gasteiger partial charge is 0.349 e. The minimum absolute atomic E-state index is 0.418. The van der Waals surface area contributed by atoms with Crippen molar-refractivity contribution in [2.75, 3.05) is 13.2 Å². The van der Waals surface area contributed by atoms with Gasteiger partial charge in [-0.1, -0.05) is 201 Å². The Kier molecular flexibility index (Phi) is 20.8. The monoisotopic (exact) mass is 935 g/mol. The van der Waals surface area contributed by atoms with Crippen LogP contribution in [0.3, 0.4) is 0 Å². The molecule has 0 bridgehead atoms. The molecule has 69 heavy (non-hydrogen) atoms.